The first-order valence-electron chi connectivity index (χ1n) is 11.0. The summed E-state index contributed by atoms with van der Waals surface area (Å²) in [5, 5.41) is 4.58. The van der Waals surface area contributed by atoms with Gasteiger partial charge in [-0.1, -0.05) is 0 Å². The molecule has 1 N–H and O–H groups in total. The fourth-order valence-corrected chi connectivity index (χ4v) is 4.20. The second-order valence-electron chi connectivity index (χ2n) is 8.19. The highest BCUT2D eigenvalue weighted by atomic mass is 16.5. The Kier molecular flexibility index (Phi) is 6.97. The minimum atomic E-state index is 0.474. The van der Waals surface area contributed by atoms with Crippen molar-refractivity contribution in [2.45, 2.75) is 13.0 Å². The fourth-order valence-electron chi connectivity index (χ4n) is 4.20. The zero-order valence-corrected chi connectivity index (χ0v) is 19.3. The highest BCUT2D eigenvalue weighted by Gasteiger charge is 2.22. The van der Waals surface area contributed by atoms with Gasteiger partial charge in [0.1, 0.15) is 18.1 Å². The lowest BCUT2D eigenvalue weighted by atomic mass is 10.1. The van der Waals surface area contributed by atoms with Gasteiger partial charge in [-0.05, 0) is 50.4 Å². The molecular formula is C25H32N4O3. The van der Waals surface area contributed by atoms with Crippen LogP contribution in [0.3, 0.4) is 0 Å². The van der Waals surface area contributed by atoms with Gasteiger partial charge in [0.2, 0.25) is 0 Å². The number of pyridine rings is 1. The summed E-state index contributed by atoms with van der Waals surface area (Å²) in [6, 6.07) is 14.8. The van der Waals surface area contributed by atoms with Crippen molar-refractivity contribution in [3.63, 3.8) is 0 Å². The minimum Gasteiger partial charge on any atom is -0.494 e. The van der Waals surface area contributed by atoms with Crippen molar-refractivity contribution >= 4 is 28.0 Å². The molecule has 0 saturated carbocycles. The van der Waals surface area contributed by atoms with Gasteiger partial charge in [-0.25, -0.2) is 0 Å². The molecule has 0 spiro atoms. The summed E-state index contributed by atoms with van der Waals surface area (Å²) in [5.74, 6) is 1.46. The SMILES string of the molecule is COCCOc1ccc(Nc2ccnc3cc(N4CCN(C)C[C@@H]4C)ccc23)c(OC)c1. The number of piperazine rings is 1. The first kappa shape index (κ1) is 22.2. The van der Waals surface area contributed by atoms with Gasteiger partial charge < -0.3 is 29.3 Å². The topological polar surface area (TPSA) is 59.1 Å². The molecule has 1 fully saturated rings. The summed E-state index contributed by atoms with van der Waals surface area (Å²) in [6.07, 6.45) is 1.84. The quantitative estimate of drug-likeness (QED) is 0.532. The molecule has 1 aliphatic rings. The second kappa shape index (κ2) is 10.1. The molecule has 1 aromatic heterocycles. The van der Waals surface area contributed by atoms with Gasteiger partial charge in [-0.2, -0.15) is 0 Å². The van der Waals surface area contributed by atoms with Gasteiger partial charge in [-0.15, -0.1) is 0 Å². The monoisotopic (exact) mass is 436 g/mol. The summed E-state index contributed by atoms with van der Waals surface area (Å²) in [7, 11) is 5.50. The van der Waals surface area contributed by atoms with Crippen LogP contribution in [0.2, 0.25) is 0 Å². The number of rotatable bonds is 8. The van der Waals surface area contributed by atoms with Crippen LogP contribution in [0.4, 0.5) is 17.1 Å². The molecule has 1 saturated heterocycles. The number of ether oxygens (including phenoxy) is 3. The lowest BCUT2D eigenvalue weighted by Crippen LogP contribution is -2.50. The van der Waals surface area contributed by atoms with Crippen molar-refractivity contribution in [3.05, 3.63) is 48.7 Å². The molecule has 170 valence electrons. The van der Waals surface area contributed by atoms with Gasteiger partial charge in [-0.3, -0.25) is 4.98 Å². The summed E-state index contributed by atoms with van der Waals surface area (Å²) in [6.45, 7) is 6.48. The molecule has 1 atom stereocenters. The average molecular weight is 437 g/mol. The number of nitrogens with one attached hydrogen (secondary N) is 1. The first-order valence-corrected chi connectivity index (χ1v) is 11.0. The molecule has 1 aliphatic heterocycles. The zero-order chi connectivity index (χ0) is 22.5. The number of methoxy groups -OCH3 is 2. The number of anilines is 3. The van der Waals surface area contributed by atoms with E-state index in [1.54, 1.807) is 14.2 Å². The second-order valence-corrected chi connectivity index (χ2v) is 8.19. The van der Waals surface area contributed by atoms with Crippen molar-refractivity contribution in [1.29, 1.82) is 0 Å². The molecule has 0 amide bonds. The maximum Gasteiger partial charge on any atom is 0.145 e. The number of aromatic nitrogens is 1. The first-order chi connectivity index (χ1) is 15.6. The Hall–Kier alpha value is -3.03. The molecule has 0 aliphatic carbocycles. The van der Waals surface area contributed by atoms with Crippen LogP contribution in [0.1, 0.15) is 6.92 Å². The lowest BCUT2D eigenvalue weighted by molar-refractivity contribution is 0.146. The maximum absolute atomic E-state index is 5.70. The van der Waals surface area contributed by atoms with Crippen LogP contribution in [-0.4, -0.2) is 70.0 Å². The van der Waals surface area contributed by atoms with E-state index in [2.05, 4.69) is 52.3 Å². The third kappa shape index (κ3) is 4.89. The molecule has 4 rings (SSSR count). The van der Waals surface area contributed by atoms with Crippen molar-refractivity contribution in [1.82, 2.24) is 9.88 Å². The third-order valence-electron chi connectivity index (χ3n) is 5.89. The van der Waals surface area contributed by atoms with Crippen LogP contribution in [0.5, 0.6) is 11.5 Å². The van der Waals surface area contributed by atoms with E-state index in [1.165, 1.54) is 5.69 Å². The zero-order valence-electron chi connectivity index (χ0n) is 19.3. The fraction of sp³-hybridized carbons (Fsp3) is 0.400. The molecule has 3 aromatic rings. The number of benzene rings is 2. The smallest absolute Gasteiger partial charge is 0.145 e. The van der Waals surface area contributed by atoms with E-state index in [0.717, 1.165) is 47.7 Å². The standard InChI is InChI=1S/C25H32N4O3/c1-18-17-28(2)11-12-29(18)19-5-7-21-22(9-10-26-24(21)15-19)27-23-8-6-20(16-25(23)31-4)32-14-13-30-3/h5-10,15-16,18H,11-14,17H2,1-4H3,(H,26,27)/t18-/m0/s1. The Morgan fingerprint density at radius 1 is 1.03 bits per heavy atom. The van der Waals surface area contributed by atoms with E-state index in [4.69, 9.17) is 14.2 Å². The van der Waals surface area contributed by atoms with E-state index >= 15 is 0 Å². The summed E-state index contributed by atoms with van der Waals surface area (Å²) in [4.78, 5) is 9.48. The van der Waals surface area contributed by atoms with Gasteiger partial charge in [0, 0.05) is 61.8 Å². The molecule has 0 unspecified atom stereocenters. The summed E-state index contributed by atoms with van der Waals surface area (Å²) < 4.78 is 16.3. The Balaban J connectivity index is 1.57. The third-order valence-corrected chi connectivity index (χ3v) is 5.89. The molecule has 7 nitrogen and oxygen atoms in total. The van der Waals surface area contributed by atoms with E-state index in [0.29, 0.717) is 25.0 Å². The van der Waals surface area contributed by atoms with Gasteiger partial charge in [0.15, 0.2) is 0 Å². The van der Waals surface area contributed by atoms with E-state index in [-0.39, 0.29) is 0 Å². The molecule has 32 heavy (non-hydrogen) atoms. The van der Waals surface area contributed by atoms with Crippen molar-refractivity contribution in [2.75, 3.05) is 64.3 Å². The molecule has 2 aromatic carbocycles. The van der Waals surface area contributed by atoms with Gasteiger partial charge in [0.25, 0.3) is 0 Å². The minimum absolute atomic E-state index is 0.474. The van der Waals surface area contributed by atoms with Crippen LogP contribution >= 0.6 is 0 Å². The van der Waals surface area contributed by atoms with E-state index in [9.17, 15) is 0 Å². The molecule has 0 radical (unpaired) electrons. The Morgan fingerprint density at radius 2 is 1.91 bits per heavy atom. The van der Waals surface area contributed by atoms with E-state index < -0.39 is 0 Å². The molecule has 7 heteroatoms. The van der Waals surface area contributed by atoms with Gasteiger partial charge >= 0.3 is 0 Å². The normalized spacial score (nSPS) is 16.9. The highest BCUT2D eigenvalue weighted by molar-refractivity contribution is 5.95. The predicted octanol–water partition coefficient (Wildman–Crippen LogP) is 4.15. The van der Waals surface area contributed by atoms with E-state index in [1.807, 2.05) is 30.5 Å². The van der Waals surface area contributed by atoms with Crippen molar-refractivity contribution in [3.8, 4) is 11.5 Å². The largest absolute Gasteiger partial charge is 0.494 e. The highest BCUT2D eigenvalue weighted by Crippen LogP contribution is 2.35. The van der Waals surface area contributed by atoms with Crippen LogP contribution < -0.4 is 19.7 Å². The number of likely N-dealkylation sites (N-methyl/N-ethyl adjacent to an activating group) is 1. The predicted molar refractivity (Wildman–Crippen MR) is 130 cm³/mol. The molecular weight excluding hydrogens is 404 g/mol. The molecule has 0 bridgehead atoms. The summed E-state index contributed by atoms with van der Waals surface area (Å²) >= 11 is 0. The number of hydrogen-bond donors (Lipinski definition) is 1. The Labute approximate surface area is 189 Å². The van der Waals surface area contributed by atoms with Crippen LogP contribution in [0, 0.1) is 0 Å². The summed E-state index contributed by atoms with van der Waals surface area (Å²) in [5.41, 5.74) is 4.05. The van der Waals surface area contributed by atoms with Crippen LogP contribution in [0.25, 0.3) is 10.9 Å². The number of fused-ring (bicyclic) bond motifs is 1. The number of hydrogen-bond acceptors (Lipinski definition) is 7. The Bertz CT molecular complexity index is 1060. The average Bonchev–Trinajstić information content (AvgIpc) is 2.80. The lowest BCUT2D eigenvalue weighted by Gasteiger charge is -2.39. The van der Waals surface area contributed by atoms with Crippen molar-refractivity contribution < 1.29 is 14.2 Å². The number of nitrogens with zero attached hydrogens (tertiary/aromatic N) is 3. The van der Waals surface area contributed by atoms with Crippen LogP contribution in [0.15, 0.2) is 48.7 Å². The Morgan fingerprint density at radius 3 is 2.69 bits per heavy atom. The van der Waals surface area contributed by atoms with Crippen LogP contribution in [-0.2, 0) is 4.74 Å². The van der Waals surface area contributed by atoms with Gasteiger partial charge in [0.05, 0.1) is 24.9 Å². The molecule has 2 heterocycles. The van der Waals surface area contributed by atoms with Crippen molar-refractivity contribution in [2.24, 2.45) is 0 Å². The maximum atomic E-state index is 5.70.